The second kappa shape index (κ2) is 9.36. The van der Waals surface area contributed by atoms with Crippen molar-refractivity contribution in [3.8, 4) is 0 Å². The van der Waals surface area contributed by atoms with Gasteiger partial charge in [-0.15, -0.1) is 12.4 Å². The van der Waals surface area contributed by atoms with Gasteiger partial charge in [-0.05, 0) is 39.7 Å². The van der Waals surface area contributed by atoms with E-state index in [-0.39, 0.29) is 36.2 Å². The fourth-order valence-electron chi connectivity index (χ4n) is 3.41. The molecule has 0 radical (unpaired) electrons. The van der Waals surface area contributed by atoms with Gasteiger partial charge in [-0.3, -0.25) is 9.59 Å². The summed E-state index contributed by atoms with van der Waals surface area (Å²) in [6.07, 6.45) is 6.78. The number of carbonyl (C=O) groups excluding carboxylic acids is 2. The van der Waals surface area contributed by atoms with Crippen LogP contribution in [0.3, 0.4) is 0 Å². The highest BCUT2D eigenvalue weighted by Gasteiger charge is 2.26. The summed E-state index contributed by atoms with van der Waals surface area (Å²) in [7, 11) is 1.97. The summed E-state index contributed by atoms with van der Waals surface area (Å²) >= 11 is 0. The molecule has 2 rings (SSSR count). The van der Waals surface area contributed by atoms with Crippen molar-refractivity contribution in [2.75, 3.05) is 20.1 Å². The Morgan fingerprint density at radius 2 is 1.73 bits per heavy atom. The second-order valence-corrected chi connectivity index (χ2v) is 6.54. The molecule has 1 saturated heterocycles. The van der Waals surface area contributed by atoms with E-state index in [2.05, 4.69) is 10.6 Å². The number of nitrogens with zero attached hydrogens (tertiary/aromatic N) is 1. The van der Waals surface area contributed by atoms with Crippen molar-refractivity contribution in [3.05, 3.63) is 0 Å². The molecular weight excluding hydrogens is 302 g/mol. The normalized spacial score (nSPS) is 21.3. The highest BCUT2D eigenvalue weighted by atomic mass is 35.5. The molecule has 6 heteroatoms. The Morgan fingerprint density at radius 1 is 1.14 bits per heavy atom. The molecule has 1 aliphatic heterocycles. The van der Waals surface area contributed by atoms with Crippen LogP contribution < -0.4 is 10.6 Å². The third-order valence-corrected chi connectivity index (χ3v) is 4.85. The van der Waals surface area contributed by atoms with Gasteiger partial charge in [0.15, 0.2) is 0 Å². The molecule has 1 saturated carbocycles. The van der Waals surface area contributed by atoms with Gasteiger partial charge in [0.2, 0.25) is 11.8 Å². The number of likely N-dealkylation sites (tertiary alicyclic amines) is 1. The smallest absolute Gasteiger partial charge is 0.224 e. The summed E-state index contributed by atoms with van der Waals surface area (Å²) in [5, 5.41) is 6.28. The molecule has 0 spiro atoms. The Balaban J connectivity index is 0.00000242. The number of hydrogen-bond acceptors (Lipinski definition) is 3. The van der Waals surface area contributed by atoms with Crippen molar-refractivity contribution >= 4 is 24.2 Å². The number of hydrogen-bond donors (Lipinski definition) is 2. The Morgan fingerprint density at radius 3 is 2.27 bits per heavy atom. The Kier molecular flexibility index (Phi) is 8.18. The fourth-order valence-corrected chi connectivity index (χ4v) is 3.41. The van der Waals surface area contributed by atoms with E-state index in [1.54, 1.807) is 0 Å². The molecule has 5 nitrogen and oxygen atoms in total. The highest BCUT2D eigenvalue weighted by Crippen LogP contribution is 2.24. The molecule has 0 aromatic carbocycles. The zero-order chi connectivity index (χ0) is 15.2. The third kappa shape index (κ3) is 5.43. The van der Waals surface area contributed by atoms with Gasteiger partial charge < -0.3 is 15.5 Å². The van der Waals surface area contributed by atoms with Crippen LogP contribution in [0.2, 0.25) is 0 Å². The van der Waals surface area contributed by atoms with Gasteiger partial charge in [0.25, 0.3) is 0 Å². The van der Waals surface area contributed by atoms with Gasteiger partial charge in [0.05, 0.1) is 0 Å². The van der Waals surface area contributed by atoms with E-state index < -0.39 is 0 Å². The predicted octanol–water partition coefficient (Wildman–Crippen LogP) is 1.70. The lowest BCUT2D eigenvalue weighted by Crippen LogP contribution is -2.46. The number of carbonyl (C=O) groups is 2. The molecule has 0 bridgehead atoms. The lowest BCUT2D eigenvalue weighted by molar-refractivity contribution is -0.133. The Labute approximate surface area is 140 Å². The molecule has 2 aliphatic rings. The third-order valence-electron chi connectivity index (χ3n) is 4.85. The quantitative estimate of drug-likeness (QED) is 0.806. The average Bonchev–Trinajstić information content (AvgIpc) is 3.01. The molecule has 2 fully saturated rings. The van der Waals surface area contributed by atoms with Gasteiger partial charge in [-0.2, -0.15) is 0 Å². The van der Waals surface area contributed by atoms with Gasteiger partial charge in [0.1, 0.15) is 0 Å². The first-order valence-electron chi connectivity index (χ1n) is 8.35. The van der Waals surface area contributed by atoms with Crippen LogP contribution in [0.1, 0.15) is 51.9 Å². The minimum atomic E-state index is -0.0624. The van der Waals surface area contributed by atoms with Gasteiger partial charge in [0, 0.05) is 37.5 Å². The summed E-state index contributed by atoms with van der Waals surface area (Å²) in [6.45, 7) is 3.59. The highest BCUT2D eigenvalue weighted by molar-refractivity contribution is 5.85. The van der Waals surface area contributed by atoms with E-state index in [0.717, 1.165) is 51.6 Å². The molecule has 1 aliphatic carbocycles. The van der Waals surface area contributed by atoms with Crippen LogP contribution in [0, 0.1) is 5.92 Å². The molecular formula is C16H30ClN3O2. The van der Waals surface area contributed by atoms with Crippen molar-refractivity contribution in [2.24, 2.45) is 5.92 Å². The number of piperidine rings is 1. The maximum atomic E-state index is 12.3. The number of amides is 2. The second-order valence-electron chi connectivity index (χ2n) is 6.54. The van der Waals surface area contributed by atoms with E-state index in [0.29, 0.717) is 12.5 Å². The van der Waals surface area contributed by atoms with Gasteiger partial charge >= 0.3 is 0 Å². The first-order valence-corrected chi connectivity index (χ1v) is 8.35. The summed E-state index contributed by atoms with van der Waals surface area (Å²) in [5.74, 6) is 0.486. The summed E-state index contributed by atoms with van der Waals surface area (Å²) in [5.41, 5.74) is 0. The number of rotatable bonds is 5. The number of halogens is 1. The standard InChI is InChI=1S/C16H29N3O2.ClH/c1-12(18-16(21)13-5-3-4-6-13)11-15(20)19-9-7-14(17-2)8-10-19;/h12-14,17H,3-11H2,1-2H3,(H,18,21);1H. The molecule has 2 N–H and O–H groups in total. The lowest BCUT2D eigenvalue weighted by atomic mass is 10.0. The van der Waals surface area contributed by atoms with Crippen molar-refractivity contribution in [3.63, 3.8) is 0 Å². The van der Waals surface area contributed by atoms with Crippen molar-refractivity contribution in [2.45, 2.75) is 64.0 Å². The fraction of sp³-hybridized carbons (Fsp3) is 0.875. The van der Waals surface area contributed by atoms with Crippen LogP contribution in [-0.4, -0.2) is 48.9 Å². The summed E-state index contributed by atoms with van der Waals surface area (Å²) in [4.78, 5) is 26.2. The van der Waals surface area contributed by atoms with Gasteiger partial charge in [-0.25, -0.2) is 0 Å². The topological polar surface area (TPSA) is 61.4 Å². The Hall–Kier alpha value is -0.810. The maximum absolute atomic E-state index is 12.3. The molecule has 0 aromatic rings. The van der Waals surface area contributed by atoms with Crippen LogP contribution >= 0.6 is 12.4 Å². The SMILES string of the molecule is CNC1CCN(C(=O)CC(C)NC(=O)C2CCCC2)CC1.Cl. The first kappa shape index (κ1) is 19.2. The Bertz CT molecular complexity index is 364. The maximum Gasteiger partial charge on any atom is 0.224 e. The minimum Gasteiger partial charge on any atom is -0.353 e. The molecule has 22 heavy (non-hydrogen) atoms. The van der Waals surface area contributed by atoms with E-state index in [9.17, 15) is 9.59 Å². The van der Waals surface area contributed by atoms with Gasteiger partial charge in [-0.1, -0.05) is 12.8 Å². The molecule has 1 atom stereocenters. The van der Waals surface area contributed by atoms with Crippen molar-refractivity contribution in [1.82, 2.24) is 15.5 Å². The zero-order valence-corrected chi connectivity index (χ0v) is 14.6. The minimum absolute atomic E-state index is 0. The monoisotopic (exact) mass is 331 g/mol. The largest absolute Gasteiger partial charge is 0.353 e. The molecule has 128 valence electrons. The molecule has 1 unspecified atom stereocenters. The molecule has 0 aromatic heterocycles. The van der Waals surface area contributed by atoms with Crippen LogP contribution in [-0.2, 0) is 9.59 Å². The van der Waals surface area contributed by atoms with Crippen LogP contribution in [0.25, 0.3) is 0 Å². The van der Waals surface area contributed by atoms with Crippen molar-refractivity contribution < 1.29 is 9.59 Å². The average molecular weight is 332 g/mol. The van der Waals surface area contributed by atoms with Crippen molar-refractivity contribution in [1.29, 1.82) is 0 Å². The van der Waals surface area contributed by atoms with E-state index >= 15 is 0 Å². The first-order chi connectivity index (χ1) is 10.1. The number of nitrogens with one attached hydrogen (secondary N) is 2. The van der Waals surface area contributed by atoms with Crippen LogP contribution in [0.4, 0.5) is 0 Å². The summed E-state index contributed by atoms with van der Waals surface area (Å²) < 4.78 is 0. The van der Waals surface area contributed by atoms with E-state index in [1.165, 1.54) is 0 Å². The lowest BCUT2D eigenvalue weighted by Gasteiger charge is -2.32. The zero-order valence-electron chi connectivity index (χ0n) is 13.8. The van der Waals surface area contributed by atoms with E-state index in [1.807, 2.05) is 18.9 Å². The molecule has 2 amide bonds. The predicted molar refractivity (Wildman–Crippen MR) is 90.1 cm³/mol. The molecule has 1 heterocycles. The van der Waals surface area contributed by atoms with Crippen LogP contribution in [0.5, 0.6) is 0 Å². The summed E-state index contributed by atoms with van der Waals surface area (Å²) in [6, 6.07) is 0.473. The van der Waals surface area contributed by atoms with E-state index in [4.69, 9.17) is 0 Å². The van der Waals surface area contributed by atoms with Crippen LogP contribution in [0.15, 0.2) is 0 Å².